The average molecular weight is 359 g/mol. The molecule has 3 aromatic rings. The third-order valence-electron chi connectivity index (χ3n) is 2.84. The molecule has 0 aliphatic heterocycles. The number of fused-ring (bicyclic) bond motifs is 1. The fourth-order valence-electron chi connectivity index (χ4n) is 1.85. The number of ether oxygens (including phenoxy) is 1. The standard InChI is InChI=1S/C14H10Cl3N3O2/c15-9-4-5-12-13(8-9)20(19-18-12)22-7-6-21-14-10(16)2-1-3-11(14)17/h1-5,8H,6-7H2. The summed E-state index contributed by atoms with van der Waals surface area (Å²) in [5, 5.41) is 9.35. The van der Waals surface area contributed by atoms with Crippen LogP contribution < -0.4 is 9.57 Å². The Labute approximate surface area is 141 Å². The lowest BCUT2D eigenvalue weighted by Crippen LogP contribution is -2.19. The lowest BCUT2D eigenvalue weighted by molar-refractivity contribution is 0.0640. The summed E-state index contributed by atoms with van der Waals surface area (Å²) in [6, 6.07) is 10.4. The second-order valence-electron chi connectivity index (χ2n) is 4.33. The SMILES string of the molecule is Clc1ccc2nnn(OCCOc3c(Cl)cccc3Cl)c2c1. The Balaban J connectivity index is 1.62. The van der Waals surface area contributed by atoms with Crippen molar-refractivity contribution in [2.45, 2.75) is 0 Å². The van der Waals surface area contributed by atoms with E-state index in [4.69, 9.17) is 44.4 Å². The number of para-hydroxylation sites is 1. The molecule has 1 heterocycles. The molecule has 8 heteroatoms. The van der Waals surface area contributed by atoms with Crippen molar-refractivity contribution in [1.29, 1.82) is 0 Å². The Bertz CT molecular complexity index is 787. The summed E-state index contributed by atoms with van der Waals surface area (Å²) in [5.41, 5.74) is 1.38. The maximum atomic E-state index is 6.01. The molecule has 0 atom stereocenters. The van der Waals surface area contributed by atoms with Crippen LogP contribution in [0.5, 0.6) is 5.75 Å². The van der Waals surface area contributed by atoms with Crippen molar-refractivity contribution in [3.05, 3.63) is 51.5 Å². The van der Waals surface area contributed by atoms with Gasteiger partial charge < -0.3 is 9.57 Å². The monoisotopic (exact) mass is 357 g/mol. The van der Waals surface area contributed by atoms with Crippen LogP contribution in [0.4, 0.5) is 0 Å². The van der Waals surface area contributed by atoms with E-state index in [1.807, 2.05) is 0 Å². The lowest BCUT2D eigenvalue weighted by Gasteiger charge is -2.10. The maximum Gasteiger partial charge on any atom is 0.156 e. The van der Waals surface area contributed by atoms with Gasteiger partial charge in [-0.25, -0.2) is 0 Å². The van der Waals surface area contributed by atoms with Crippen LogP contribution in [-0.2, 0) is 0 Å². The van der Waals surface area contributed by atoms with E-state index in [9.17, 15) is 0 Å². The van der Waals surface area contributed by atoms with E-state index in [-0.39, 0.29) is 13.2 Å². The molecule has 22 heavy (non-hydrogen) atoms. The van der Waals surface area contributed by atoms with Crippen molar-refractivity contribution in [3.8, 4) is 5.75 Å². The number of benzene rings is 2. The molecule has 0 radical (unpaired) electrons. The van der Waals surface area contributed by atoms with Crippen LogP contribution in [0.15, 0.2) is 36.4 Å². The van der Waals surface area contributed by atoms with Gasteiger partial charge in [-0.3, -0.25) is 0 Å². The van der Waals surface area contributed by atoms with Crippen molar-refractivity contribution in [3.63, 3.8) is 0 Å². The summed E-state index contributed by atoms with van der Waals surface area (Å²) in [6.45, 7) is 0.498. The molecule has 1 aromatic heterocycles. The van der Waals surface area contributed by atoms with E-state index in [0.29, 0.717) is 31.9 Å². The third-order valence-corrected chi connectivity index (χ3v) is 3.67. The molecule has 0 aliphatic rings. The summed E-state index contributed by atoms with van der Waals surface area (Å²) < 4.78 is 5.53. The molecule has 0 spiro atoms. The van der Waals surface area contributed by atoms with Crippen LogP contribution in [0.3, 0.4) is 0 Å². The van der Waals surface area contributed by atoms with Gasteiger partial charge >= 0.3 is 0 Å². The summed E-state index contributed by atoms with van der Waals surface area (Å²) in [5.74, 6) is 0.431. The molecule has 0 fully saturated rings. The highest BCUT2D eigenvalue weighted by Crippen LogP contribution is 2.32. The third kappa shape index (κ3) is 3.21. The topological polar surface area (TPSA) is 49.2 Å². The van der Waals surface area contributed by atoms with Gasteiger partial charge in [-0.1, -0.05) is 45.7 Å². The number of halogens is 3. The number of hydrogen-bond donors (Lipinski definition) is 0. The Morgan fingerprint density at radius 2 is 1.77 bits per heavy atom. The van der Waals surface area contributed by atoms with Gasteiger partial charge in [0.25, 0.3) is 0 Å². The zero-order valence-corrected chi connectivity index (χ0v) is 13.4. The molecular weight excluding hydrogens is 349 g/mol. The quantitative estimate of drug-likeness (QED) is 0.649. The van der Waals surface area contributed by atoms with E-state index >= 15 is 0 Å². The Kier molecular flexibility index (Phi) is 4.57. The predicted octanol–water partition coefficient (Wildman–Crippen LogP) is 3.90. The van der Waals surface area contributed by atoms with Gasteiger partial charge in [0.2, 0.25) is 0 Å². The first-order valence-corrected chi connectivity index (χ1v) is 7.49. The Morgan fingerprint density at radius 1 is 1.00 bits per heavy atom. The normalized spacial score (nSPS) is 10.9. The smallest absolute Gasteiger partial charge is 0.156 e. The minimum atomic E-state index is 0.243. The molecule has 0 saturated heterocycles. The highest BCUT2D eigenvalue weighted by atomic mass is 35.5. The minimum absolute atomic E-state index is 0.243. The van der Waals surface area contributed by atoms with Gasteiger partial charge in [0, 0.05) is 5.02 Å². The van der Waals surface area contributed by atoms with Crippen LogP contribution in [0.1, 0.15) is 0 Å². The zero-order chi connectivity index (χ0) is 15.5. The second-order valence-corrected chi connectivity index (χ2v) is 5.58. The van der Waals surface area contributed by atoms with Gasteiger partial charge in [-0.05, 0) is 35.5 Å². The number of aromatic nitrogens is 3. The molecule has 114 valence electrons. The van der Waals surface area contributed by atoms with E-state index in [1.165, 1.54) is 4.85 Å². The summed E-state index contributed by atoms with van der Waals surface area (Å²) >= 11 is 18.0. The molecule has 0 saturated carbocycles. The number of nitrogens with zero attached hydrogens (tertiary/aromatic N) is 3. The minimum Gasteiger partial charge on any atom is -0.487 e. The Morgan fingerprint density at radius 3 is 2.55 bits per heavy atom. The largest absolute Gasteiger partial charge is 0.487 e. The Hall–Kier alpha value is -1.69. The van der Waals surface area contributed by atoms with Gasteiger partial charge in [0.05, 0.1) is 10.0 Å². The molecule has 5 nitrogen and oxygen atoms in total. The molecule has 3 rings (SSSR count). The fourth-order valence-corrected chi connectivity index (χ4v) is 2.53. The highest BCUT2D eigenvalue weighted by Gasteiger charge is 2.08. The van der Waals surface area contributed by atoms with Gasteiger partial charge in [0.1, 0.15) is 17.6 Å². The fraction of sp³-hybridized carbons (Fsp3) is 0.143. The highest BCUT2D eigenvalue weighted by molar-refractivity contribution is 6.37. The molecular formula is C14H10Cl3N3O2. The lowest BCUT2D eigenvalue weighted by atomic mass is 10.3. The maximum absolute atomic E-state index is 6.01. The number of hydrogen-bond acceptors (Lipinski definition) is 4. The van der Waals surface area contributed by atoms with Gasteiger partial charge in [-0.2, -0.15) is 0 Å². The van der Waals surface area contributed by atoms with Crippen LogP contribution in [0, 0.1) is 0 Å². The molecule has 0 aliphatic carbocycles. The second kappa shape index (κ2) is 6.60. The van der Waals surface area contributed by atoms with Crippen molar-refractivity contribution in [2.75, 3.05) is 13.2 Å². The molecule has 2 aromatic carbocycles. The van der Waals surface area contributed by atoms with Crippen molar-refractivity contribution in [2.24, 2.45) is 0 Å². The van der Waals surface area contributed by atoms with E-state index in [1.54, 1.807) is 36.4 Å². The summed E-state index contributed by atoms with van der Waals surface area (Å²) in [4.78, 5) is 6.79. The number of rotatable bonds is 5. The first kappa shape index (κ1) is 15.2. The average Bonchev–Trinajstić information content (AvgIpc) is 2.88. The molecule has 0 bridgehead atoms. The van der Waals surface area contributed by atoms with Crippen LogP contribution in [0.25, 0.3) is 11.0 Å². The first-order chi connectivity index (χ1) is 10.6. The van der Waals surface area contributed by atoms with Crippen molar-refractivity contribution in [1.82, 2.24) is 15.2 Å². The van der Waals surface area contributed by atoms with Gasteiger partial charge in [-0.15, -0.1) is 5.10 Å². The van der Waals surface area contributed by atoms with Crippen LogP contribution >= 0.6 is 34.8 Å². The van der Waals surface area contributed by atoms with E-state index in [0.717, 1.165) is 0 Å². The molecule has 0 unspecified atom stereocenters. The predicted molar refractivity (Wildman–Crippen MR) is 85.9 cm³/mol. The van der Waals surface area contributed by atoms with E-state index in [2.05, 4.69) is 10.3 Å². The first-order valence-electron chi connectivity index (χ1n) is 6.36. The summed E-state index contributed by atoms with van der Waals surface area (Å²) in [6.07, 6.45) is 0. The van der Waals surface area contributed by atoms with Crippen LogP contribution in [-0.4, -0.2) is 28.4 Å². The van der Waals surface area contributed by atoms with Crippen molar-refractivity contribution < 1.29 is 9.57 Å². The molecule has 0 N–H and O–H groups in total. The van der Waals surface area contributed by atoms with Crippen molar-refractivity contribution >= 4 is 45.8 Å². The zero-order valence-electron chi connectivity index (χ0n) is 11.2. The van der Waals surface area contributed by atoms with Crippen LogP contribution in [0.2, 0.25) is 15.1 Å². The van der Waals surface area contributed by atoms with E-state index < -0.39 is 0 Å². The summed E-state index contributed by atoms with van der Waals surface area (Å²) in [7, 11) is 0. The molecule has 0 amide bonds. The van der Waals surface area contributed by atoms with Gasteiger partial charge in [0.15, 0.2) is 12.4 Å².